The van der Waals surface area contributed by atoms with E-state index in [2.05, 4.69) is 22.3 Å². The van der Waals surface area contributed by atoms with Crippen LogP contribution in [0.3, 0.4) is 0 Å². The van der Waals surface area contributed by atoms with Gasteiger partial charge in [-0.15, -0.1) is 0 Å². The number of hydrogen-bond acceptors (Lipinski definition) is 7. The summed E-state index contributed by atoms with van der Waals surface area (Å²) < 4.78 is 23.5. The Kier molecular flexibility index (Phi) is 9.02. The van der Waals surface area contributed by atoms with Gasteiger partial charge in [0.2, 0.25) is 0 Å². The highest BCUT2D eigenvalue weighted by atomic mass is 16.7. The Balaban J connectivity index is 1.70. The number of carbonyl (C=O) groups excluding carboxylic acids is 2. The van der Waals surface area contributed by atoms with Gasteiger partial charge in [-0.1, -0.05) is 18.2 Å². The molecule has 0 radical (unpaired) electrons. The standard InChI is InChI=1S/C29H46BN3O6/c1-26(2,3)36-24(34)31-20-22(30-38-28(7,8)29(9,10)39-30)19-21-11-13-23(14-12-21)32-15-17-33(18-16-32)25(35)37-27(4,5)6/h11-14,19H,15-18,20H2,1-10H3,(H,31,34). The molecule has 2 amide bonds. The first-order valence-corrected chi connectivity index (χ1v) is 13.7. The van der Waals surface area contributed by atoms with Gasteiger partial charge in [-0.05, 0) is 92.4 Å². The number of rotatable bonds is 5. The van der Waals surface area contributed by atoms with Crippen molar-refractivity contribution >= 4 is 31.1 Å². The van der Waals surface area contributed by atoms with Crippen molar-refractivity contribution in [3.05, 3.63) is 35.3 Å². The first-order chi connectivity index (χ1) is 17.9. The minimum absolute atomic E-state index is 0.222. The zero-order valence-electron chi connectivity index (χ0n) is 25.3. The van der Waals surface area contributed by atoms with E-state index < -0.39 is 35.6 Å². The van der Waals surface area contributed by atoms with E-state index in [4.69, 9.17) is 18.8 Å². The van der Waals surface area contributed by atoms with E-state index in [0.29, 0.717) is 13.1 Å². The average Bonchev–Trinajstić information content (AvgIpc) is 3.01. The van der Waals surface area contributed by atoms with Crippen LogP contribution in [-0.2, 0) is 18.8 Å². The van der Waals surface area contributed by atoms with Crippen LogP contribution in [0, 0.1) is 0 Å². The van der Waals surface area contributed by atoms with E-state index in [1.54, 1.807) is 4.90 Å². The van der Waals surface area contributed by atoms with E-state index in [9.17, 15) is 9.59 Å². The van der Waals surface area contributed by atoms with Crippen molar-refractivity contribution < 1.29 is 28.4 Å². The molecule has 216 valence electrons. The number of carbonyl (C=O) groups is 2. The molecule has 0 bridgehead atoms. The van der Waals surface area contributed by atoms with E-state index >= 15 is 0 Å². The predicted octanol–water partition coefficient (Wildman–Crippen LogP) is 5.28. The third kappa shape index (κ3) is 8.63. The second kappa shape index (κ2) is 11.4. The molecule has 1 N–H and O–H groups in total. The summed E-state index contributed by atoms with van der Waals surface area (Å²) >= 11 is 0. The van der Waals surface area contributed by atoms with E-state index in [0.717, 1.165) is 29.8 Å². The third-order valence-electron chi connectivity index (χ3n) is 6.93. The molecular weight excluding hydrogens is 497 g/mol. The van der Waals surface area contributed by atoms with Gasteiger partial charge >= 0.3 is 19.3 Å². The molecule has 0 atom stereocenters. The van der Waals surface area contributed by atoms with Gasteiger partial charge in [-0.3, -0.25) is 0 Å². The van der Waals surface area contributed by atoms with Crippen molar-refractivity contribution in [1.29, 1.82) is 0 Å². The molecule has 2 heterocycles. The lowest BCUT2D eigenvalue weighted by molar-refractivity contribution is 0.00578. The Bertz CT molecular complexity index is 1030. The first kappa shape index (κ1) is 30.8. The minimum atomic E-state index is -0.606. The van der Waals surface area contributed by atoms with Crippen LogP contribution in [0.1, 0.15) is 74.8 Å². The highest BCUT2D eigenvalue weighted by Crippen LogP contribution is 2.38. The SMILES string of the molecule is CC(C)(C)OC(=O)NCC(=Cc1ccc(N2CCN(C(=O)OC(C)(C)C)CC2)cc1)B1OC(C)(C)C(C)(C)O1. The quantitative estimate of drug-likeness (QED) is 0.506. The number of nitrogens with one attached hydrogen (secondary N) is 1. The lowest BCUT2D eigenvalue weighted by Crippen LogP contribution is -2.50. The fourth-order valence-corrected chi connectivity index (χ4v) is 4.15. The number of amides is 2. The summed E-state index contributed by atoms with van der Waals surface area (Å²) in [5.41, 5.74) is 0.730. The molecular formula is C29H46BN3O6. The smallest absolute Gasteiger partial charge is 0.444 e. The molecule has 0 aromatic heterocycles. The van der Waals surface area contributed by atoms with Crippen LogP contribution >= 0.6 is 0 Å². The van der Waals surface area contributed by atoms with Crippen LogP contribution in [0.25, 0.3) is 6.08 Å². The molecule has 1 aromatic carbocycles. The monoisotopic (exact) mass is 543 g/mol. The molecule has 0 unspecified atom stereocenters. The molecule has 0 aliphatic carbocycles. The molecule has 2 aliphatic rings. The molecule has 0 spiro atoms. The molecule has 2 fully saturated rings. The van der Waals surface area contributed by atoms with Crippen LogP contribution in [-0.4, -0.2) is 79.3 Å². The second-order valence-corrected chi connectivity index (χ2v) is 13.2. The zero-order chi connectivity index (χ0) is 29.2. The van der Waals surface area contributed by atoms with Crippen molar-refractivity contribution in [2.45, 2.75) is 91.6 Å². The predicted molar refractivity (Wildman–Crippen MR) is 155 cm³/mol. The summed E-state index contributed by atoms with van der Waals surface area (Å²) in [7, 11) is -0.606. The second-order valence-electron chi connectivity index (χ2n) is 13.2. The van der Waals surface area contributed by atoms with Crippen LogP contribution in [0.2, 0.25) is 0 Å². The molecule has 0 saturated carbocycles. The van der Waals surface area contributed by atoms with Gasteiger partial charge < -0.3 is 33.9 Å². The molecule has 2 saturated heterocycles. The highest BCUT2D eigenvalue weighted by molar-refractivity contribution is 6.56. The van der Waals surface area contributed by atoms with Gasteiger partial charge in [0.25, 0.3) is 0 Å². The van der Waals surface area contributed by atoms with E-state index in [-0.39, 0.29) is 12.6 Å². The summed E-state index contributed by atoms with van der Waals surface area (Å²) in [6.45, 7) is 22.0. The van der Waals surface area contributed by atoms with Gasteiger partial charge in [0, 0.05) is 38.4 Å². The maximum atomic E-state index is 12.4. The van der Waals surface area contributed by atoms with Crippen molar-refractivity contribution in [2.24, 2.45) is 0 Å². The lowest BCUT2D eigenvalue weighted by atomic mass is 9.77. The van der Waals surface area contributed by atoms with Crippen LogP contribution in [0.4, 0.5) is 15.3 Å². The third-order valence-corrected chi connectivity index (χ3v) is 6.93. The number of alkyl carbamates (subject to hydrolysis) is 1. The van der Waals surface area contributed by atoms with E-state index in [1.807, 2.05) is 87.4 Å². The molecule has 39 heavy (non-hydrogen) atoms. The average molecular weight is 544 g/mol. The highest BCUT2D eigenvalue weighted by Gasteiger charge is 2.52. The number of piperazine rings is 1. The molecule has 3 rings (SSSR count). The minimum Gasteiger partial charge on any atom is -0.444 e. The summed E-state index contributed by atoms with van der Waals surface area (Å²) in [5, 5.41) is 2.84. The Morgan fingerprint density at radius 1 is 0.897 bits per heavy atom. The number of anilines is 1. The molecule has 9 nitrogen and oxygen atoms in total. The summed E-state index contributed by atoms with van der Waals surface area (Å²) in [6, 6.07) is 8.21. The normalized spacial score (nSPS) is 19.6. The van der Waals surface area contributed by atoms with Gasteiger partial charge in [0.15, 0.2) is 0 Å². The summed E-state index contributed by atoms with van der Waals surface area (Å²) in [4.78, 5) is 28.8. The van der Waals surface area contributed by atoms with Crippen LogP contribution < -0.4 is 10.2 Å². The first-order valence-electron chi connectivity index (χ1n) is 13.7. The van der Waals surface area contributed by atoms with Crippen molar-refractivity contribution in [3.63, 3.8) is 0 Å². The van der Waals surface area contributed by atoms with Crippen LogP contribution in [0.5, 0.6) is 0 Å². The number of hydrogen-bond donors (Lipinski definition) is 1. The van der Waals surface area contributed by atoms with Crippen molar-refractivity contribution in [3.8, 4) is 0 Å². The van der Waals surface area contributed by atoms with Gasteiger partial charge in [-0.2, -0.15) is 0 Å². The number of benzene rings is 1. The number of nitrogens with zero attached hydrogens (tertiary/aromatic N) is 2. The molecule has 2 aliphatic heterocycles. The Labute approximate surface area is 234 Å². The topological polar surface area (TPSA) is 89.6 Å². The fraction of sp³-hybridized carbons (Fsp3) is 0.655. The fourth-order valence-electron chi connectivity index (χ4n) is 4.15. The van der Waals surface area contributed by atoms with Gasteiger partial charge in [-0.25, -0.2) is 9.59 Å². The Morgan fingerprint density at radius 2 is 1.41 bits per heavy atom. The van der Waals surface area contributed by atoms with Crippen molar-refractivity contribution in [1.82, 2.24) is 10.2 Å². The summed E-state index contributed by atoms with van der Waals surface area (Å²) in [6.07, 6.45) is 1.23. The van der Waals surface area contributed by atoms with Gasteiger partial charge in [0.1, 0.15) is 11.2 Å². The Morgan fingerprint density at radius 3 is 1.90 bits per heavy atom. The lowest BCUT2D eigenvalue weighted by Gasteiger charge is -2.36. The molecule has 10 heteroatoms. The maximum absolute atomic E-state index is 12.4. The summed E-state index contributed by atoms with van der Waals surface area (Å²) in [5.74, 6) is 0. The van der Waals surface area contributed by atoms with Crippen molar-refractivity contribution in [2.75, 3.05) is 37.6 Å². The maximum Gasteiger partial charge on any atom is 0.492 e. The van der Waals surface area contributed by atoms with Crippen LogP contribution in [0.15, 0.2) is 29.7 Å². The molecule has 1 aromatic rings. The zero-order valence-corrected chi connectivity index (χ0v) is 25.3. The largest absolute Gasteiger partial charge is 0.492 e. The van der Waals surface area contributed by atoms with E-state index in [1.165, 1.54) is 0 Å². The number of ether oxygens (including phenoxy) is 2. The Hall–Kier alpha value is -2.72. The van der Waals surface area contributed by atoms with Gasteiger partial charge in [0.05, 0.1) is 11.2 Å².